The van der Waals surface area contributed by atoms with Gasteiger partial charge in [0.1, 0.15) is 11.3 Å². The molecule has 1 N–H and O–H groups in total. The molecule has 74 valence electrons. The second-order valence-corrected chi connectivity index (χ2v) is 3.89. The molecule has 0 aliphatic rings. The van der Waals surface area contributed by atoms with Crippen LogP contribution < -0.4 is 0 Å². The van der Waals surface area contributed by atoms with Gasteiger partial charge in [-0.15, -0.1) is 0 Å². The number of rotatable bonds is 1. The molecule has 0 amide bonds. The summed E-state index contributed by atoms with van der Waals surface area (Å²) in [4.78, 5) is 0. The minimum Gasteiger partial charge on any atom is -0.506 e. The van der Waals surface area contributed by atoms with Gasteiger partial charge >= 0.3 is 0 Å². The summed E-state index contributed by atoms with van der Waals surface area (Å²) in [6.07, 6.45) is 1.95. The van der Waals surface area contributed by atoms with E-state index in [1.807, 2.05) is 19.3 Å². The highest BCUT2D eigenvalue weighted by molar-refractivity contribution is 5.87. The summed E-state index contributed by atoms with van der Waals surface area (Å²) in [6.45, 7) is 4.28. The van der Waals surface area contributed by atoms with Gasteiger partial charge in [0.15, 0.2) is 0 Å². The summed E-state index contributed by atoms with van der Waals surface area (Å²) in [6, 6.07) is 3.68. The lowest BCUT2D eigenvalue weighted by molar-refractivity contribution is 0.479. The smallest absolute Gasteiger partial charge is 0.143 e. The lowest BCUT2D eigenvalue weighted by atomic mass is 9.99. The number of aromatic nitrogens is 2. The molecule has 0 saturated heterocycles. The highest BCUT2D eigenvalue weighted by atomic mass is 16.3. The maximum Gasteiger partial charge on any atom is 0.143 e. The standard InChI is InChI=1S/C11H14N2O/c1-7(2)8-4-5-10(14)11-9(8)6-13(3)12-11/h4-7,14H,1-3H3. The second-order valence-electron chi connectivity index (χ2n) is 3.89. The number of fused-ring (bicyclic) bond motifs is 1. The molecule has 0 aliphatic heterocycles. The molecule has 1 aromatic carbocycles. The van der Waals surface area contributed by atoms with Gasteiger partial charge < -0.3 is 5.11 Å². The van der Waals surface area contributed by atoms with E-state index in [0.717, 1.165) is 5.39 Å². The molecule has 3 heteroatoms. The van der Waals surface area contributed by atoms with Gasteiger partial charge in [-0.1, -0.05) is 19.9 Å². The first-order chi connectivity index (χ1) is 6.59. The third kappa shape index (κ3) is 1.25. The SMILES string of the molecule is CC(C)c1ccc(O)c2nn(C)cc12. The van der Waals surface area contributed by atoms with Crippen LogP contribution in [-0.4, -0.2) is 14.9 Å². The van der Waals surface area contributed by atoms with Gasteiger partial charge in [-0.05, 0) is 17.5 Å². The molecule has 2 rings (SSSR count). The van der Waals surface area contributed by atoms with Crippen molar-refractivity contribution < 1.29 is 5.11 Å². The third-order valence-electron chi connectivity index (χ3n) is 2.43. The fraction of sp³-hybridized carbons (Fsp3) is 0.364. The van der Waals surface area contributed by atoms with Crippen LogP contribution in [0.5, 0.6) is 5.75 Å². The van der Waals surface area contributed by atoms with Crippen LogP contribution in [0.3, 0.4) is 0 Å². The Labute approximate surface area is 83.0 Å². The number of hydrogen-bond donors (Lipinski definition) is 1. The highest BCUT2D eigenvalue weighted by Crippen LogP contribution is 2.30. The maximum absolute atomic E-state index is 9.61. The number of hydrogen-bond acceptors (Lipinski definition) is 2. The zero-order chi connectivity index (χ0) is 10.3. The van der Waals surface area contributed by atoms with Crippen LogP contribution in [0.2, 0.25) is 0 Å². The Morgan fingerprint density at radius 3 is 2.71 bits per heavy atom. The molecule has 3 nitrogen and oxygen atoms in total. The number of aryl methyl sites for hydroxylation is 1. The lowest BCUT2D eigenvalue weighted by Crippen LogP contribution is -1.87. The van der Waals surface area contributed by atoms with Gasteiger partial charge in [-0.3, -0.25) is 4.68 Å². The summed E-state index contributed by atoms with van der Waals surface area (Å²) in [5.41, 5.74) is 1.92. The minimum atomic E-state index is 0.255. The predicted molar refractivity (Wildman–Crippen MR) is 56.5 cm³/mol. The Morgan fingerprint density at radius 2 is 2.07 bits per heavy atom. The van der Waals surface area contributed by atoms with E-state index in [0.29, 0.717) is 11.4 Å². The first kappa shape index (κ1) is 9.06. The summed E-state index contributed by atoms with van der Waals surface area (Å²) < 4.78 is 1.73. The fourth-order valence-electron chi connectivity index (χ4n) is 1.73. The van der Waals surface area contributed by atoms with Crippen LogP contribution in [0, 0.1) is 0 Å². The number of aromatic hydroxyl groups is 1. The van der Waals surface area contributed by atoms with E-state index in [-0.39, 0.29) is 5.75 Å². The molecule has 0 saturated carbocycles. The zero-order valence-corrected chi connectivity index (χ0v) is 8.65. The van der Waals surface area contributed by atoms with Crippen molar-refractivity contribution in [1.29, 1.82) is 0 Å². The molecule has 0 radical (unpaired) electrons. The number of benzene rings is 1. The summed E-state index contributed by atoms with van der Waals surface area (Å²) in [5, 5.41) is 14.9. The molecule has 2 aromatic rings. The summed E-state index contributed by atoms with van der Waals surface area (Å²) in [5.74, 6) is 0.701. The van der Waals surface area contributed by atoms with Crippen LogP contribution in [0.25, 0.3) is 10.9 Å². The quantitative estimate of drug-likeness (QED) is 0.749. The topological polar surface area (TPSA) is 38.1 Å². The largest absolute Gasteiger partial charge is 0.506 e. The van der Waals surface area contributed by atoms with Gasteiger partial charge in [-0.25, -0.2) is 0 Å². The van der Waals surface area contributed by atoms with E-state index >= 15 is 0 Å². The van der Waals surface area contributed by atoms with Crippen LogP contribution in [-0.2, 0) is 7.05 Å². The normalized spacial score (nSPS) is 11.4. The molecule has 0 bridgehead atoms. The van der Waals surface area contributed by atoms with Crippen molar-refractivity contribution in [1.82, 2.24) is 9.78 Å². The monoisotopic (exact) mass is 190 g/mol. The molecule has 14 heavy (non-hydrogen) atoms. The van der Waals surface area contributed by atoms with Crippen molar-refractivity contribution in [2.75, 3.05) is 0 Å². The maximum atomic E-state index is 9.61. The van der Waals surface area contributed by atoms with Crippen molar-refractivity contribution >= 4 is 10.9 Å². The molecule has 0 fully saturated rings. The number of phenolic OH excluding ortho intramolecular Hbond substituents is 1. The van der Waals surface area contributed by atoms with Crippen molar-refractivity contribution in [3.63, 3.8) is 0 Å². The van der Waals surface area contributed by atoms with Crippen molar-refractivity contribution in [2.45, 2.75) is 19.8 Å². The van der Waals surface area contributed by atoms with Gasteiger partial charge in [0.2, 0.25) is 0 Å². The molecule has 0 aliphatic carbocycles. The summed E-state index contributed by atoms with van der Waals surface area (Å²) >= 11 is 0. The van der Waals surface area contributed by atoms with Crippen molar-refractivity contribution in [3.05, 3.63) is 23.9 Å². The van der Waals surface area contributed by atoms with Crippen LogP contribution in [0.15, 0.2) is 18.3 Å². The van der Waals surface area contributed by atoms with E-state index in [1.54, 1.807) is 10.7 Å². The second kappa shape index (κ2) is 3.01. The van der Waals surface area contributed by atoms with Gasteiger partial charge in [0.25, 0.3) is 0 Å². The Bertz CT molecular complexity index is 471. The molecule has 1 heterocycles. The Kier molecular flexibility index (Phi) is 1.95. The Morgan fingerprint density at radius 1 is 1.36 bits per heavy atom. The highest BCUT2D eigenvalue weighted by Gasteiger charge is 2.10. The third-order valence-corrected chi connectivity index (χ3v) is 2.43. The average molecular weight is 190 g/mol. The van der Waals surface area contributed by atoms with Crippen molar-refractivity contribution in [3.8, 4) is 5.75 Å². The number of nitrogens with zero attached hydrogens (tertiary/aromatic N) is 2. The molecular weight excluding hydrogens is 176 g/mol. The van der Waals surface area contributed by atoms with Gasteiger partial charge in [0, 0.05) is 18.6 Å². The van der Waals surface area contributed by atoms with Crippen LogP contribution in [0.4, 0.5) is 0 Å². The minimum absolute atomic E-state index is 0.255. The van der Waals surface area contributed by atoms with E-state index in [4.69, 9.17) is 0 Å². The molecule has 0 spiro atoms. The lowest BCUT2D eigenvalue weighted by Gasteiger charge is -2.06. The Hall–Kier alpha value is -1.51. The molecular formula is C11H14N2O. The van der Waals surface area contributed by atoms with E-state index in [2.05, 4.69) is 18.9 Å². The van der Waals surface area contributed by atoms with Crippen LogP contribution in [0.1, 0.15) is 25.3 Å². The number of phenols is 1. The fourth-order valence-corrected chi connectivity index (χ4v) is 1.73. The predicted octanol–water partition coefficient (Wildman–Crippen LogP) is 2.40. The first-order valence-electron chi connectivity index (χ1n) is 4.75. The van der Waals surface area contributed by atoms with Crippen LogP contribution >= 0.6 is 0 Å². The first-order valence-corrected chi connectivity index (χ1v) is 4.75. The zero-order valence-electron chi connectivity index (χ0n) is 8.65. The molecule has 0 atom stereocenters. The van der Waals surface area contributed by atoms with E-state index in [1.165, 1.54) is 5.56 Å². The van der Waals surface area contributed by atoms with Gasteiger partial charge in [0.05, 0.1) is 0 Å². The molecule has 1 aromatic heterocycles. The molecule has 0 unspecified atom stereocenters. The van der Waals surface area contributed by atoms with E-state index in [9.17, 15) is 5.11 Å². The van der Waals surface area contributed by atoms with Gasteiger partial charge in [-0.2, -0.15) is 5.10 Å². The Balaban J connectivity index is 2.81. The summed E-state index contributed by atoms with van der Waals surface area (Å²) in [7, 11) is 1.86. The average Bonchev–Trinajstić information content (AvgIpc) is 2.47. The van der Waals surface area contributed by atoms with E-state index < -0.39 is 0 Å². The van der Waals surface area contributed by atoms with Crippen molar-refractivity contribution in [2.24, 2.45) is 7.05 Å².